The lowest BCUT2D eigenvalue weighted by molar-refractivity contribution is 0.602. The molecule has 20 heavy (non-hydrogen) atoms. The first-order valence-corrected chi connectivity index (χ1v) is 8.37. The molecular weight excluding hydrogens is 405 g/mol. The predicted molar refractivity (Wildman–Crippen MR) is 93.6 cm³/mol. The summed E-state index contributed by atoms with van der Waals surface area (Å²) in [5.74, 6) is 0. The maximum atomic E-state index is 9.27. The summed E-state index contributed by atoms with van der Waals surface area (Å²) in [5.41, 5.74) is 2.80. The number of hydrogen-bond donors (Lipinski definition) is 0. The van der Waals surface area contributed by atoms with Crippen LogP contribution in [0, 0.1) is 18.3 Å². The van der Waals surface area contributed by atoms with Gasteiger partial charge in [-0.25, -0.2) is 10.8 Å². The summed E-state index contributed by atoms with van der Waals surface area (Å²) in [6.45, 7) is 5.13. The monoisotopic (exact) mass is 419 g/mol. The molecule has 0 bridgehead atoms. The minimum absolute atomic E-state index is 0.591. The van der Waals surface area contributed by atoms with E-state index in [-0.39, 0.29) is 0 Å². The van der Waals surface area contributed by atoms with E-state index in [2.05, 4.69) is 43.4 Å². The lowest BCUT2D eigenvalue weighted by Crippen LogP contribution is -2.07. The molecule has 1 aromatic carbocycles. The number of benzene rings is 1. The van der Waals surface area contributed by atoms with Gasteiger partial charge in [0.05, 0.1) is 5.52 Å². The van der Waals surface area contributed by atoms with Crippen LogP contribution >= 0.6 is 47.2 Å². The maximum Gasteiger partial charge on any atom is 0.133 e. The minimum atomic E-state index is 0.591. The van der Waals surface area contributed by atoms with Gasteiger partial charge in [0, 0.05) is 16.8 Å². The third-order valence-electron chi connectivity index (χ3n) is 2.88. The summed E-state index contributed by atoms with van der Waals surface area (Å²) in [6, 6.07) is 8.36. The fraction of sp³-hybridized carbons (Fsp3) is 0.308. The van der Waals surface area contributed by atoms with E-state index in [1.807, 2.05) is 33.0 Å². The Bertz CT molecular complexity index is 666. The zero-order chi connectivity index (χ0) is 14.7. The second-order valence-corrected chi connectivity index (χ2v) is 7.27. The van der Waals surface area contributed by atoms with Gasteiger partial charge in [0.15, 0.2) is 0 Å². The zero-order valence-corrected chi connectivity index (χ0v) is 15.2. The number of aromatic nitrogens is 1. The third kappa shape index (κ3) is 3.26. The van der Waals surface area contributed by atoms with Crippen LogP contribution < -0.4 is 0 Å². The van der Waals surface area contributed by atoms with E-state index in [4.69, 9.17) is 2.51 Å². The van der Waals surface area contributed by atoms with Crippen LogP contribution in [0.4, 0.5) is 0 Å². The lowest BCUT2D eigenvalue weighted by Gasteiger charge is -2.15. The average molecular weight is 419 g/mol. The number of halogens is 1. The highest BCUT2D eigenvalue weighted by molar-refractivity contribution is 14.1. The van der Waals surface area contributed by atoms with Crippen LogP contribution in [0.1, 0.15) is 18.2 Å². The molecule has 0 amide bonds. The van der Waals surface area contributed by atoms with Crippen molar-refractivity contribution < 1.29 is 2.51 Å². The first-order chi connectivity index (χ1) is 9.60. The first-order valence-electron chi connectivity index (χ1n) is 6.01. The van der Waals surface area contributed by atoms with E-state index >= 15 is 0 Å². The Morgan fingerprint density at radius 2 is 2.20 bits per heavy atom. The second-order valence-electron chi connectivity index (χ2n) is 4.31. The standard InChI is InChI=1S/C13H14IN3OS2/c1-4-16(3)19-12-6-9(2)5-10-7-11(8-15)17(13(10)12)20-18-14/h5-7H,4H2,1-3H3. The van der Waals surface area contributed by atoms with Gasteiger partial charge in [0.1, 0.15) is 47.0 Å². The van der Waals surface area contributed by atoms with Crippen molar-refractivity contribution in [3.8, 4) is 6.07 Å². The number of rotatable bonds is 5. The third-order valence-corrected chi connectivity index (χ3v) is 5.02. The molecule has 0 spiro atoms. The molecule has 1 heterocycles. The Morgan fingerprint density at radius 1 is 1.45 bits per heavy atom. The molecule has 0 unspecified atom stereocenters. The zero-order valence-electron chi connectivity index (χ0n) is 11.4. The number of fused-ring (bicyclic) bond motifs is 1. The fourth-order valence-corrected chi connectivity index (χ4v) is 3.96. The van der Waals surface area contributed by atoms with Gasteiger partial charge in [0.2, 0.25) is 0 Å². The number of nitrogens with zero attached hydrogens (tertiary/aromatic N) is 3. The molecule has 0 aliphatic rings. The molecule has 106 valence electrons. The first kappa shape index (κ1) is 16.0. The van der Waals surface area contributed by atoms with Crippen molar-refractivity contribution in [1.29, 1.82) is 5.26 Å². The van der Waals surface area contributed by atoms with Crippen molar-refractivity contribution in [2.45, 2.75) is 18.7 Å². The van der Waals surface area contributed by atoms with Gasteiger partial charge in [0.25, 0.3) is 0 Å². The number of aryl methyl sites for hydroxylation is 1. The van der Waals surface area contributed by atoms with Crippen molar-refractivity contribution in [2.75, 3.05) is 13.6 Å². The van der Waals surface area contributed by atoms with Crippen LogP contribution in [0.5, 0.6) is 0 Å². The van der Waals surface area contributed by atoms with Gasteiger partial charge < -0.3 is 0 Å². The molecule has 7 heteroatoms. The molecule has 0 saturated carbocycles. The summed E-state index contributed by atoms with van der Waals surface area (Å²) in [4.78, 5) is 1.13. The summed E-state index contributed by atoms with van der Waals surface area (Å²) in [6.07, 6.45) is 0. The molecule has 2 rings (SSSR count). The smallest absolute Gasteiger partial charge is 0.133 e. The molecule has 2 aromatic rings. The van der Waals surface area contributed by atoms with E-state index in [1.54, 1.807) is 11.9 Å². The highest BCUT2D eigenvalue weighted by atomic mass is 127. The Labute approximate surface area is 141 Å². The van der Waals surface area contributed by atoms with Gasteiger partial charge in [-0.1, -0.05) is 6.92 Å². The van der Waals surface area contributed by atoms with Crippen molar-refractivity contribution in [3.05, 3.63) is 29.5 Å². The van der Waals surface area contributed by atoms with E-state index in [1.165, 1.54) is 17.8 Å². The Morgan fingerprint density at radius 3 is 2.80 bits per heavy atom. The molecule has 0 radical (unpaired) electrons. The van der Waals surface area contributed by atoms with E-state index in [0.717, 1.165) is 22.3 Å². The van der Waals surface area contributed by atoms with Crippen molar-refractivity contribution >= 4 is 58.1 Å². The normalized spacial score (nSPS) is 11.2. The quantitative estimate of drug-likeness (QED) is 0.404. The second kappa shape index (κ2) is 7.04. The summed E-state index contributed by atoms with van der Waals surface area (Å²) < 4.78 is 9.13. The molecule has 0 saturated heterocycles. The Kier molecular flexibility index (Phi) is 5.63. The van der Waals surface area contributed by atoms with Gasteiger partial charge in [-0.3, -0.25) is 0 Å². The van der Waals surface area contributed by atoms with E-state index in [9.17, 15) is 5.26 Å². The molecule has 0 fully saturated rings. The summed E-state index contributed by atoms with van der Waals surface area (Å²) in [7, 11) is 2.05. The van der Waals surface area contributed by atoms with Crippen LogP contribution in [-0.2, 0) is 2.51 Å². The van der Waals surface area contributed by atoms with Crippen molar-refractivity contribution in [3.63, 3.8) is 0 Å². The highest BCUT2D eigenvalue weighted by Crippen LogP contribution is 2.36. The minimum Gasteiger partial charge on any atom is -0.250 e. The summed E-state index contributed by atoms with van der Waals surface area (Å²) >= 11 is 4.67. The molecule has 1 aromatic heterocycles. The largest absolute Gasteiger partial charge is 0.250 e. The van der Waals surface area contributed by atoms with Gasteiger partial charge in [-0.15, -0.1) is 0 Å². The van der Waals surface area contributed by atoms with Gasteiger partial charge >= 0.3 is 0 Å². The van der Waals surface area contributed by atoms with E-state index < -0.39 is 0 Å². The van der Waals surface area contributed by atoms with Crippen LogP contribution in [0.15, 0.2) is 23.1 Å². The van der Waals surface area contributed by atoms with Crippen molar-refractivity contribution in [1.82, 2.24) is 8.28 Å². The topological polar surface area (TPSA) is 41.2 Å². The number of nitriles is 1. The molecular formula is C13H14IN3OS2. The molecule has 0 N–H and O–H groups in total. The van der Waals surface area contributed by atoms with Gasteiger partial charge in [-0.05, 0) is 49.7 Å². The molecule has 0 atom stereocenters. The molecule has 0 aliphatic carbocycles. The maximum absolute atomic E-state index is 9.27. The number of hydrogen-bond acceptors (Lipinski definition) is 5. The van der Waals surface area contributed by atoms with Crippen molar-refractivity contribution in [2.24, 2.45) is 0 Å². The van der Waals surface area contributed by atoms with Crippen LogP contribution in [-0.4, -0.2) is 21.9 Å². The Balaban J connectivity index is 2.65. The summed E-state index contributed by atoms with van der Waals surface area (Å²) in [5, 5.41) is 10.3. The molecule has 0 aliphatic heterocycles. The van der Waals surface area contributed by atoms with Crippen LogP contribution in [0.2, 0.25) is 0 Å². The predicted octanol–water partition coefficient (Wildman–Crippen LogP) is 4.56. The fourth-order valence-electron chi connectivity index (χ4n) is 1.91. The van der Waals surface area contributed by atoms with Crippen LogP contribution in [0.25, 0.3) is 10.9 Å². The van der Waals surface area contributed by atoms with Gasteiger partial charge in [-0.2, -0.15) is 5.26 Å². The lowest BCUT2D eigenvalue weighted by atomic mass is 10.2. The highest BCUT2D eigenvalue weighted by Gasteiger charge is 2.15. The molecule has 4 nitrogen and oxygen atoms in total. The van der Waals surface area contributed by atoms with Crippen LogP contribution in [0.3, 0.4) is 0 Å². The Hall–Kier alpha value is -0.400. The SMILES string of the molecule is CCN(C)Sc1cc(C)cc2cc(C#N)n(SOI)c12. The van der Waals surface area contributed by atoms with E-state index in [0.29, 0.717) is 5.69 Å². The average Bonchev–Trinajstić information content (AvgIpc) is 2.76.